The van der Waals surface area contributed by atoms with Gasteiger partial charge in [-0.25, -0.2) is 0 Å². The molecule has 0 heterocycles. The van der Waals surface area contributed by atoms with Crippen LogP contribution in [0, 0.1) is 0 Å². The Morgan fingerprint density at radius 2 is 1.93 bits per heavy atom. The van der Waals surface area contributed by atoms with Crippen molar-refractivity contribution in [2.45, 2.75) is 26.2 Å². The third-order valence-corrected chi connectivity index (χ3v) is 2.20. The molecule has 0 saturated carbocycles. The van der Waals surface area contributed by atoms with Gasteiger partial charge in [0.05, 0.1) is 0 Å². The van der Waals surface area contributed by atoms with Gasteiger partial charge in [0.25, 0.3) is 0 Å². The second-order valence-electron chi connectivity index (χ2n) is 3.77. The second-order valence-corrected chi connectivity index (χ2v) is 3.77. The molecule has 1 aromatic rings. The highest BCUT2D eigenvalue weighted by Crippen LogP contribution is 2.21. The average Bonchev–Trinajstić information content (AvgIpc) is 2.18. The molecule has 1 unspecified atom stereocenters. The molecule has 0 aliphatic heterocycles. The van der Waals surface area contributed by atoms with Crippen LogP contribution in [0.5, 0.6) is 0 Å². The van der Waals surface area contributed by atoms with Crippen molar-refractivity contribution < 1.29 is 5.11 Å². The van der Waals surface area contributed by atoms with Crippen LogP contribution in [0.2, 0.25) is 0 Å². The SMILES string of the molecule is CC(C)=CC(CCO)c1ccccc1. The van der Waals surface area contributed by atoms with Gasteiger partial charge in [-0.15, -0.1) is 0 Å². The smallest absolute Gasteiger partial charge is 0.0439 e. The van der Waals surface area contributed by atoms with Gasteiger partial charge < -0.3 is 5.11 Å². The monoisotopic (exact) mass is 190 g/mol. The lowest BCUT2D eigenvalue weighted by atomic mass is 9.94. The van der Waals surface area contributed by atoms with E-state index in [1.807, 2.05) is 18.2 Å². The van der Waals surface area contributed by atoms with Gasteiger partial charge in [0.15, 0.2) is 0 Å². The Balaban J connectivity index is 2.83. The third kappa shape index (κ3) is 3.35. The molecule has 14 heavy (non-hydrogen) atoms. The molecule has 0 aliphatic rings. The molecule has 1 atom stereocenters. The first-order chi connectivity index (χ1) is 6.74. The van der Waals surface area contributed by atoms with E-state index < -0.39 is 0 Å². The Morgan fingerprint density at radius 3 is 2.43 bits per heavy atom. The van der Waals surface area contributed by atoms with Crippen molar-refractivity contribution in [1.29, 1.82) is 0 Å². The fraction of sp³-hybridized carbons (Fsp3) is 0.385. The van der Waals surface area contributed by atoms with Crippen molar-refractivity contribution in [2.75, 3.05) is 6.61 Å². The van der Waals surface area contributed by atoms with Crippen molar-refractivity contribution in [3.8, 4) is 0 Å². The Hall–Kier alpha value is -1.08. The van der Waals surface area contributed by atoms with Crippen molar-refractivity contribution in [1.82, 2.24) is 0 Å². The van der Waals surface area contributed by atoms with Crippen molar-refractivity contribution in [2.24, 2.45) is 0 Å². The predicted molar refractivity (Wildman–Crippen MR) is 60.3 cm³/mol. The van der Waals surface area contributed by atoms with Crippen LogP contribution < -0.4 is 0 Å². The van der Waals surface area contributed by atoms with Crippen molar-refractivity contribution in [3.05, 3.63) is 47.5 Å². The molecule has 0 bridgehead atoms. The van der Waals surface area contributed by atoms with E-state index in [0.717, 1.165) is 6.42 Å². The molecule has 0 amide bonds. The maximum absolute atomic E-state index is 8.98. The molecule has 0 spiro atoms. The van der Waals surface area contributed by atoms with Crippen LogP contribution in [-0.4, -0.2) is 11.7 Å². The zero-order chi connectivity index (χ0) is 10.4. The first-order valence-electron chi connectivity index (χ1n) is 5.05. The average molecular weight is 190 g/mol. The molecule has 0 aliphatic carbocycles. The van der Waals surface area contributed by atoms with E-state index in [2.05, 4.69) is 32.1 Å². The standard InChI is InChI=1S/C13H18O/c1-11(2)10-13(8-9-14)12-6-4-3-5-7-12/h3-7,10,13-14H,8-9H2,1-2H3. The number of hydrogen-bond acceptors (Lipinski definition) is 1. The van der Waals surface area contributed by atoms with Crippen LogP contribution in [0.3, 0.4) is 0 Å². The number of rotatable bonds is 4. The van der Waals surface area contributed by atoms with Gasteiger partial charge in [-0.1, -0.05) is 42.0 Å². The zero-order valence-corrected chi connectivity index (χ0v) is 8.90. The zero-order valence-electron chi connectivity index (χ0n) is 8.90. The Kier molecular flexibility index (Phi) is 4.41. The lowest BCUT2D eigenvalue weighted by molar-refractivity contribution is 0.282. The molecular formula is C13H18O. The second kappa shape index (κ2) is 5.61. The van der Waals surface area contributed by atoms with Crippen LogP contribution in [0.25, 0.3) is 0 Å². The summed E-state index contributed by atoms with van der Waals surface area (Å²) in [5.74, 6) is 0.353. The topological polar surface area (TPSA) is 20.2 Å². The number of hydrogen-bond donors (Lipinski definition) is 1. The van der Waals surface area contributed by atoms with Gasteiger partial charge in [0.2, 0.25) is 0 Å². The van der Waals surface area contributed by atoms with E-state index in [9.17, 15) is 0 Å². The highest BCUT2D eigenvalue weighted by atomic mass is 16.3. The van der Waals surface area contributed by atoms with E-state index in [-0.39, 0.29) is 6.61 Å². The minimum absolute atomic E-state index is 0.239. The Morgan fingerprint density at radius 1 is 1.29 bits per heavy atom. The number of aliphatic hydroxyl groups excluding tert-OH is 1. The number of aliphatic hydroxyl groups is 1. The maximum atomic E-state index is 8.98. The normalized spacial score (nSPS) is 12.2. The van der Waals surface area contributed by atoms with E-state index >= 15 is 0 Å². The summed E-state index contributed by atoms with van der Waals surface area (Å²) in [5, 5.41) is 8.98. The summed E-state index contributed by atoms with van der Waals surface area (Å²) in [6.07, 6.45) is 3.01. The molecule has 1 rings (SSSR count). The van der Waals surface area contributed by atoms with Crippen molar-refractivity contribution in [3.63, 3.8) is 0 Å². The van der Waals surface area contributed by atoms with E-state index in [0.29, 0.717) is 5.92 Å². The number of allylic oxidation sites excluding steroid dienone is 2. The molecule has 0 radical (unpaired) electrons. The maximum Gasteiger partial charge on any atom is 0.0439 e. The van der Waals surface area contributed by atoms with Gasteiger partial charge in [0.1, 0.15) is 0 Å². The van der Waals surface area contributed by atoms with Gasteiger partial charge >= 0.3 is 0 Å². The summed E-state index contributed by atoms with van der Waals surface area (Å²) in [5.41, 5.74) is 2.58. The van der Waals surface area contributed by atoms with Crippen molar-refractivity contribution >= 4 is 0 Å². The number of benzene rings is 1. The fourth-order valence-electron chi connectivity index (χ4n) is 1.59. The van der Waals surface area contributed by atoms with Gasteiger partial charge in [-0.05, 0) is 25.8 Å². The predicted octanol–water partition coefficient (Wildman–Crippen LogP) is 3.12. The highest BCUT2D eigenvalue weighted by molar-refractivity contribution is 5.24. The quantitative estimate of drug-likeness (QED) is 0.723. The first kappa shape index (κ1) is 11.0. The fourth-order valence-corrected chi connectivity index (χ4v) is 1.59. The minimum Gasteiger partial charge on any atom is -0.396 e. The molecule has 0 fully saturated rings. The molecule has 1 nitrogen and oxygen atoms in total. The van der Waals surface area contributed by atoms with E-state index in [1.165, 1.54) is 11.1 Å². The lowest BCUT2D eigenvalue weighted by Gasteiger charge is -2.12. The van der Waals surface area contributed by atoms with Crippen LogP contribution >= 0.6 is 0 Å². The largest absolute Gasteiger partial charge is 0.396 e. The minimum atomic E-state index is 0.239. The first-order valence-corrected chi connectivity index (χ1v) is 5.05. The molecule has 1 aromatic carbocycles. The van der Waals surface area contributed by atoms with Crippen LogP contribution in [-0.2, 0) is 0 Å². The summed E-state index contributed by atoms with van der Waals surface area (Å²) < 4.78 is 0. The molecule has 0 aromatic heterocycles. The molecule has 76 valence electrons. The van der Waals surface area contributed by atoms with Crippen LogP contribution in [0.15, 0.2) is 42.0 Å². The van der Waals surface area contributed by atoms with Gasteiger partial charge in [0, 0.05) is 12.5 Å². The third-order valence-electron chi connectivity index (χ3n) is 2.20. The summed E-state index contributed by atoms with van der Waals surface area (Å²) >= 11 is 0. The van der Waals surface area contributed by atoms with E-state index in [4.69, 9.17) is 5.11 Å². The molecule has 0 saturated heterocycles. The van der Waals surface area contributed by atoms with Gasteiger partial charge in [-0.3, -0.25) is 0 Å². The van der Waals surface area contributed by atoms with E-state index in [1.54, 1.807) is 0 Å². The lowest BCUT2D eigenvalue weighted by Crippen LogP contribution is -1.98. The van der Waals surface area contributed by atoms with Crippen LogP contribution in [0.1, 0.15) is 31.7 Å². The molecular weight excluding hydrogens is 172 g/mol. The summed E-state index contributed by atoms with van der Waals surface area (Å²) in [6, 6.07) is 10.3. The summed E-state index contributed by atoms with van der Waals surface area (Å²) in [7, 11) is 0. The Bertz CT molecular complexity index is 283. The molecule has 1 N–H and O–H groups in total. The Labute approximate surface area is 86.1 Å². The molecule has 1 heteroatoms. The van der Waals surface area contributed by atoms with Crippen LogP contribution in [0.4, 0.5) is 0 Å². The summed E-state index contributed by atoms with van der Waals surface area (Å²) in [6.45, 7) is 4.42. The van der Waals surface area contributed by atoms with Gasteiger partial charge in [-0.2, -0.15) is 0 Å². The highest BCUT2D eigenvalue weighted by Gasteiger charge is 2.06. The summed E-state index contributed by atoms with van der Waals surface area (Å²) in [4.78, 5) is 0.